The third-order valence-corrected chi connectivity index (χ3v) is 4.77. The Morgan fingerprint density at radius 2 is 2.22 bits per heavy atom. The van der Waals surface area contributed by atoms with Crippen molar-refractivity contribution in [3.05, 3.63) is 39.9 Å². The maximum atomic E-state index is 11.7. The summed E-state index contributed by atoms with van der Waals surface area (Å²) in [6, 6.07) is 6.49. The monoisotopic (exact) mass is 352 g/mol. The Morgan fingerprint density at radius 3 is 2.91 bits per heavy atom. The van der Waals surface area contributed by atoms with Gasteiger partial charge in [-0.05, 0) is 11.5 Å². The zero-order chi connectivity index (χ0) is 16.8. The van der Waals surface area contributed by atoms with E-state index in [1.807, 2.05) is 19.9 Å². The second-order valence-electron chi connectivity index (χ2n) is 5.23. The topological polar surface area (TPSA) is 98.0 Å². The highest BCUT2D eigenvalue weighted by Crippen LogP contribution is 2.29. The summed E-state index contributed by atoms with van der Waals surface area (Å²) in [5, 5.41) is 21.9. The van der Waals surface area contributed by atoms with Gasteiger partial charge in [0.25, 0.3) is 5.69 Å². The fourth-order valence-electron chi connectivity index (χ4n) is 1.76. The molecule has 1 amide bonds. The lowest BCUT2D eigenvalue weighted by atomic mass is 10.1. The first-order chi connectivity index (χ1) is 10.9. The molecular formula is C14H16N4O3S2. The Kier molecular flexibility index (Phi) is 6.05. The van der Waals surface area contributed by atoms with Crippen molar-refractivity contribution in [1.29, 1.82) is 0 Å². The van der Waals surface area contributed by atoms with Gasteiger partial charge in [0.2, 0.25) is 11.0 Å². The van der Waals surface area contributed by atoms with E-state index in [0.717, 1.165) is 5.56 Å². The number of carbonyl (C=O) groups is 1. The molecule has 0 spiro atoms. The average Bonchev–Trinajstić information content (AvgIpc) is 2.92. The molecule has 2 rings (SSSR count). The molecular weight excluding hydrogens is 336 g/mol. The highest BCUT2D eigenvalue weighted by molar-refractivity contribution is 8.00. The van der Waals surface area contributed by atoms with E-state index in [1.165, 1.54) is 29.2 Å². The van der Waals surface area contributed by atoms with E-state index in [-0.39, 0.29) is 17.5 Å². The van der Waals surface area contributed by atoms with Crippen LogP contribution in [0.5, 0.6) is 0 Å². The third kappa shape index (κ3) is 5.61. The standard InChI is InChI=1S/C14H16N4O3S2/c1-9(2)6-12(19)15-13-16-17-14(23-13)22-8-10-4-3-5-11(7-10)18(20)21/h3-5,7,9H,6,8H2,1-2H3,(H,15,16,19). The van der Waals surface area contributed by atoms with Gasteiger partial charge in [0.1, 0.15) is 0 Å². The second kappa shape index (κ2) is 8.02. The van der Waals surface area contributed by atoms with Crippen LogP contribution in [0.3, 0.4) is 0 Å². The molecule has 1 N–H and O–H groups in total. The molecule has 23 heavy (non-hydrogen) atoms. The molecule has 122 valence electrons. The van der Waals surface area contributed by atoms with E-state index >= 15 is 0 Å². The van der Waals surface area contributed by atoms with Crippen molar-refractivity contribution >= 4 is 39.8 Å². The van der Waals surface area contributed by atoms with Gasteiger partial charge in [-0.25, -0.2) is 0 Å². The van der Waals surface area contributed by atoms with E-state index in [1.54, 1.807) is 12.1 Å². The van der Waals surface area contributed by atoms with Gasteiger partial charge in [0.05, 0.1) is 4.92 Å². The number of amides is 1. The zero-order valence-corrected chi connectivity index (χ0v) is 14.3. The molecule has 0 atom stereocenters. The van der Waals surface area contributed by atoms with Crippen molar-refractivity contribution in [3.8, 4) is 0 Å². The number of nitro benzene ring substituents is 1. The lowest BCUT2D eigenvalue weighted by Crippen LogP contribution is -2.13. The van der Waals surface area contributed by atoms with Gasteiger partial charge in [-0.2, -0.15) is 0 Å². The Balaban J connectivity index is 1.91. The van der Waals surface area contributed by atoms with Crippen molar-refractivity contribution in [2.45, 2.75) is 30.4 Å². The number of aromatic nitrogens is 2. The molecule has 0 fully saturated rings. The van der Waals surface area contributed by atoms with Gasteiger partial charge in [-0.15, -0.1) is 10.2 Å². The van der Waals surface area contributed by atoms with Crippen LogP contribution in [0.2, 0.25) is 0 Å². The van der Waals surface area contributed by atoms with Crippen LogP contribution in [0.4, 0.5) is 10.8 Å². The minimum Gasteiger partial charge on any atom is -0.300 e. The van der Waals surface area contributed by atoms with E-state index in [2.05, 4.69) is 15.5 Å². The summed E-state index contributed by atoms with van der Waals surface area (Å²) in [4.78, 5) is 22.0. The average molecular weight is 352 g/mol. The largest absolute Gasteiger partial charge is 0.300 e. The van der Waals surface area contributed by atoms with Crippen LogP contribution in [-0.4, -0.2) is 21.0 Å². The molecule has 1 aromatic carbocycles. The highest BCUT2D eigenvalue weighted by Gasteiger charge is 2.11. The number of anilines is 1. The number of carbonyl (C=O) groups excluding carboxylic acids is 1. The van der Waals surface area contributed by atoms with Gasteiger partial charge in [0.15, 0.2) is 4.34 Å². The number of rotatable bonds is 7. The first-order valence-electron chi connectivity index (χ1n) is 6.93. The van der Waals surface area contributed by atoms with Crippen molar-refractivity contribution < 1.29 is 9.72 Å². The van der Waals surface area contributed by atoms with Crippen molar-refractivity contribution in [1.82, 2.24) is 10.2 Å². The maximum absolute atomic E-state index is 11.7. The predicted molar refractivity (Wildman–Crippen MR) is 90.7 cm³/mol. The van der Waals surface area contributed by atoms with Gasteiger partial charge >= 0.3 is 0 Å². The van der Waals surface area contributed by atoms with Crippen LogP contribution in [0.25, 0.3) is 0 Å². The molecule has 0 bridgehead atoms. The second-order valence-corrected chi connectivity index (χ2v) is 7.43. The number of benzene rings is 1. The minimum atomic E-state index is -0.415. The molecule has 0 aliphatic rings. The summed E-state index contributed by atoms with van der Waals surface area (Å²) in [7, 11) is 0. The summed E-state index contributed by atoms with van der Waals surface area (Å²) in [5.74, 6) is 0.757. The van der Waals surface area contributed by atoms with Gasteiger partial charge in [-0.3, -0.25) is 14.9 Å². The molecule has 9 heteroatoms. The number of hydrogen-bond donors (Lipinski definition) is 1. The lowest BCUT2D eigenvalue weighted by Gasteiger charge is -2.02. The Labute approximate surface area is 141 Å². The van der Waals surface area contributed by atoms with Crippen LogP contribution < -0.4 is 5.32 Å². The summed E-state index contributed by atoms with van der Waals surface area (Å²) < 4.78 is 0.705. The lowest BCUT2D eigenvalue weighted by molar-refractivity contribution is -0.384. The quantitative estimate of drug-likeness (QED) is 0.353. The summed E-state index contributed by atoms with van der Waals surface area (Å²) >= 11 is 2.72. The third-order valence-electron chi connectivity index (χ3n) is 2.73. The van der Waals surface area contributed by atoms with E-state index < -0.39 is 4.92 Å². The SMILES string of the molecule is CC(C)CC(=O)Nc1nnc(SCc2cccc([N+](=O)[O-])c2)s1. The molecule has 0 unspecified atom stereocenters. The van der Waals surface area contributed by atoms with Crippen LogP contribution in [0, 0.1) is 16.0 Å². The Morgan fingerprint density at radius 1 is 1.43 bits per heavy atom. The normalized spacial score (nSPS) is 10.7. The van der Waals surface area contributed by atoms with Gasteiger partial charge in [0, 0.05) is 24.3 Å². The van der Waals surface area contributed by atoms with E-state index in [0.29, 0.717) is 21.6 Å². The Bertz CT molecular complexity index is 703. The maximum Gasteiger partial charge on any atom is 0.269 e. The number of nitrogens with one attached hydrogen (secondary N) is 1. The number of nitrogens with zero attached hydrogens (tertiary/aromatic N) is 3. The molecule has 0 aliphatic heterocycles. The van der Waals surface area contributed by atoms with Crippen LogP contribution in [0.1, 0.15) is 25.8 Å². The van der Waals surface area contributed by atoms with E-state index in [4.69, 9.17) is 0 Å². The van der Waals surface area contributed by atoms with Gasteiger partial charge in [-0.1, -0.05) is 49.1 Å². The first-order valence-corrected chi connectivity index (χ1v) is 8.73. The fourth-order valence-corrected chi connectivity index (χ4v) is 3.48. The summed E-state index contributed by atoms with van der Waals surface area (Å²) in [6.07, 6.45) is 0.440. The number of thioether (sulfide) groups is 1. The molecule has 2 aromatic rings. The molecule has 1 heterocycles. The van der Waals surface area contributed by atoms with Crippen LogP contribution in [0.15, 0.2) is 28.6 Å². The smallest absolute Gasteiger partial charge is 0.269 e. The predicted octanol–water partition coefficient (Wildman–Crippen LogP) is 3.72. The number of nitro groups is 1. The molecule has 1 aromatic heterocycles. The molecule has 0 saturated carbocycles. The molecule has 7 nitrogen and oxygen atoms in total. The van der Waals surface area contributed by atoms with Gasteiger partial charge < -0.3 is 5.32 Å². The van der Waals surface area contributed by atoms with Crippen LogP contribution >= 0.6 is 23.1 Å². The molecule has 0 aliphatic carbocycles. The molecule has 0 radical (unpaired) electrons. The summed E-state index contributed by atoms with van der Waals surface area (Å²) in [5.41, 5.74) is 0.909. The fraction of sp³-hybridized carbons (Fsp3) is 0.357. The van der Waals surface area contributed by atoms with Crippen LogP contribution in [-0.2, 0) is 10.5 Å². The van der Waals surface area contributed by atoms with Crippen molar-refractivity contribution in [2.24, 2.45) is 5.92 Å². The highest BCUT2D eigenvalue weighted by atomic mass is 32.2. The van der Waals surface area contributed by atoms with E-state index in [9.17, 15) is 14.9 Å². The van der Waals surface area contributed by atoms with Crippen molar-refractivity contribution in [3.63, 3.8) is 0 Å². The summed E-state index contributed by atoms with van der Waals surface area (Å²) in [6.45, 7) is 3.94. The minimum absolute atomic E-state index is 0.0713. The van der Waals surface area contributed by atoms with Crippen molar-refractivity contribution in [2.75, 3.05) is 5.32 Å². The number of hydrogen-bond acceptors (Lipinski definition) is 7. The number of non-ortho nitro benzene ring substituents is 1. The Hall–Kier alpha value is -2.00. The first kappa shape index (κ1) is 17.4. The zero-order valence-electron chi connectivity index (χ0n) is 12.7. The molecule has 0 saturated heterocycles.